The Labute approximate surface area is 101 Å². The minimum Gasteiger partial charge on any atom is -0.321 e. The molecule has 0 aromatic heterocycles. The van der Waals surface area contributed by atoms with Crippen molar-refractivity contribution in [3.8, 4) is 0 Å². The summed E-state index contributed by atoms with van der Waals surface area (Å²) in [6.07, 6.45) is 2.83. The molecule has 0 spiro atoms. The summed E-state index contributed by atoms with van der Waals surface area (Å²) < 4.78 is 26.2. The Kier molecular flexibility index (Phi) is 3.21. The molecule has 1 aliphatic rings. The van der Waals surface area contributed by atoms with Gasteiger partial charge in [-0.3, -0.25) is 0 Å². The number of benzene rings is 1. The van der Waals surface area contributed by atoms with Crippen LogP contribution in [0.5, 0.6) is 0 Å². The van der Waals surface area contributed by atoms with Crippen LogP contribution in [0, 0.1) is 23.5 Å². The molecule has 1 nitrogen and oxygen atoms in total. The van der Waals surface area contributed by atoms with E-state index in [0.29, 0.717) is 11.8 Å². The molecule has 1 saturated carbocycles. The van der Waals surface area contributed by atoms with Gasteiger partial charge in [0.1, 0.15) is 0 Å². The van der Waals surface area contributed by atoms with Gasteiger partial charge in [0.05, 0.1) is 0 Å². The second-order valence-corrected chi connectivity index (χ2v) is 5.64. The number of hydrogen-bond donors (Lipinski definition) is 1. The van der Waals surface area contributed by atoms with Crippen molar-refractivity contribution in [3.63, 3.8) is 0 Å². The minimum atomic E-state index is -0.811. The molecule has 1 aliphatic carbocycles. The highest BCUT2D eigenvalue weighted by Gasteiger charge is 2.36. The van der Waals surface area contributed by atoms with Gasteiger partial charge in [0.15, 0.2) is 11.6 Å². The van der Waals surface area contributed by atoms with Gasteiger partial charge < -0.3 is 5.73 Å². The summed E-state index contributed by atoms with van der Waals surface area (Å²) in [5.41, 5.74) is 6.60. The first-order valence-electron chi connectivity index (χ1n) is 6.15. The van der Waals surface area contributed by atoms with E-state index in [9.17, 15) is 8.78 Å². The van der Waals surface area contributed by atoms with Gasteiger partial charge in [-0.2, -0.15) is 0 Å². The van der Waals surface area contributed by atoms with Gasteiger partial charge in [0, 0.05) is 5.54 Å². The highest BCUT2D eigenvalue weighted by Crippen LogP contribution is 2.40. The largest absolute Gasteiger partial charge is 0.321 e. The van der Waals surface area contributed by atoms with Gasteiger partial charge >= 0.3 is 0 Å². The van der Waals surface area contributed by atoms with E-state index in [1.807, 2.05) is 0 Å². The molecule has 1 aromatic carbocycles. The highest BCUT2D eigenvalue weighted by atomic mass is 19.2. The van der Waals surface area contributed by atoms with Crippen LogP contribution in [0.2, 0.25) is 0 Å². The van der Waals surface area contributed by atoms with E-state index in [4.69, 9.17) is 5.73 Å². The van der Waals surface area contributed by atoms with Gasteiger partial charge in [-0.25, -0.2) is 8.78 Å². The summed E-state index contributed by atoms with van der Waals surface area (Å²) >= 11 is 0. The Morgan fingerprint density at radius 1 is 1.12 bits per heavy atom. The third-order valence-corrected chi connectivity index (χ3v) is 3.72. The van der Waals surface area contributed by atoms with Gasteiger partial charge in [0.2, 0.25) is 0 Å². The molecular formula is C14H19F2N. The summed E-state index contributed by atoms with van der Waals surface area (Å²) in [5, 5.41) is 0. The van der Waals surface area contributed by atoms with Crippen molar-refractivity contribution in [3.05, 3.63) is 35.4 Å². The van der Waals surface area contributed by atoms with Crippen LogP contribution in [-0.2, 0) is 5.54 Å². The fourth-order valence-electron chi connectivity index (χ4n) is 3.22. The summed E-state index contributed by atoms with van der Waals surface area (Å²) in [4.78, 5) is 0. The van der Waals surface area contributed by atoms with Crippen molar-refractivity contribution < 1.29 is 8.78 Å². The molecule has 17 heavy (non-hydrogen) atoms. The lowest BCUT2D eigenvalue weighted by molar-refractivity contribution is 0.183. The molecule has 2 rings (SSSR count). The minimum absolute atomic E-state index is 0.508. The molecule has 94 valence electrons. The maximum atomic E-state index is 13.3. The fraction of sp³-hybridized carbons (Fsp3) is 0.571. The molecule has 3 heteroatoms. The maximum Gasteiger partial charge on any atom is 0.159 e. The molecular weight excluding hydrogens is 220 g/mol. The Morgan fingerprint density at radius 2 is 1.71 bits per heavy atom. The lowest BCUT2D eigenvalue weighted by atomic mass is 9.69. The number of rotatable bonds is 1. The first-order chi connectivity index (χ1) is 7.90. The lowest BCUT2D eigenvalue weighted by Crippen LogP contribution is -2.43. The van der Waals surface area contributed by atoms with Gasteiger partial charge in [-0.15, -0.1) is 0 Å². The first kappa shape index (κ1) is 12.5. The first-order valence-corrected chi connectivity index (χ1v) is 6.15. The van der Waals surface area contributed by atoms with Gasteiger partial charge in [-0.05, 0) is 48.8 Å². The highest BCUT2D eigenvalue weighted by molar-refractivity contribution is 5.26. The molecule has 0 amide bonds. The Balaban J connectivity index is 2.33. The zero-order valence-corrected chi connectivity index (χ0v) is 10.3. The monoisotopic (exact) mass is 239 g/mol. The molecule has 2 N–H and O–H groups in total. The molecule has 2 unspecified atom stereocenters. The topological polar surface area (TPSA) is 26.0 Å². The van der Waals surface area contributed by atoms with Crippen LogP contribution in [0.3, 0.4) is 0 Å². The average Bonchev–Trinajstić information content (AvgIpc) is 2.19. The zero-order valence-electron chi connectivity index (χ0n) is 10.3. The molecule has 1 aromatic rings. The van der Waals surface area contributed by atoms with E-state index in [0.717, 1.165) is 24.8 Å². The van der Waals surface area contributed by atoms with E-state index < -0.39 is 17.2 Å². The Morgan fingerprint density at radius 3 is 2.24 bits per heavy atom. The molecule has 0 bridgehead atoms. The van der Waals surface area contributed by atoms with Crippen molar-refractivity contribution in [1.29, 1.82) is 0 Å². The van der Waals surface area contributed by atoms with Gasteiger partial charge in [-0.1, -0.05) is 19.9 Å². The van der Waals surface area contributed by atoms with Crippen LogP contribution < -0.4 is 5.73 Å². The van der Waals surface area contributed by atoms with Crippen molar-refractivity contribution >= 4 is 0 Å². The molecule has 1 fully saturated rings. The summed E-state index contributed by atoms with van der Waals surface area (Å²) in [6.45, 7) is 4.33. The molecule has 2 atom stereocenters. The number of hydrogen-bond acceptors (Lipinski definition) is 1. The van der Waals surface area contributed by atoms with E-state index in [2.05, 4.69) is 13.8 Å². The molecule has 0 radical (unpaired) electrons. The van der Waals surface area contributed by atoms with Crippen LogP contribution in [0.15, 0.2) is 18.2 Å². The van der Waals surface area contributed by atoms with E-state index >= 15 is 0 Å². The van der Waals surface area contributed by atoms with Crippen LogP contribution in [0.1, 0.15) is 38.7 Å². The molecule has 0 heterocycles. The standard InChI is InChI=1S/C14H19F2N/c1-9-5-10(2)8-14(17,7-9)11-3-4-12(15)13(16)6-11/h3-4,6,9-10H,5,7-8,17H2,1-2H3. The molecule has 0 saturated heterocycles. The quantitative estimate of drug-likeness (QED) is 0.796. The average molecular weight is 239 g/mol. The van der Waals surface area contributed by atoms with E-state index in [1.54, 1.807) is 6.07 Å². The summed E-state index contributed by atoms with van der Waals surface area (Å²) in [5.74, 6) is -0.568. The second-order valence-electron chi connectivity index (χ2n) is 5.64. The summed E-state index contributed by atoms with van der Waals surface area (Å²) in [6, 6.07) is 4.03. The number of nitrogens with two attached hydrogens (primary N) is 1. The van der Waals surface area contributed by atoms with E-state index in [1.165, 1.54) is 12.1 Å². The van der Waals surface area contributed by atoms with Crippen molar-refractivity contribution in [1.82, 2.24) is 0 Å². The van der Waals surface area contributed by atoms with Crippen LogP contribution >= 0.6 is 0 Å². The zero-order chi connectivity index (χ0) is 12.6. The third-order valence-electron chi connectivity index (χ3n) is 3.72. The fourth-order valence-corrected chi connectivity index (χ4v) is 3.22. The van der Waals surface area contributed by atoms with Crippen molar-refractivity contribution in [2.75, 3.05) is 0 Å². The second kappa shape index (κ2) is 4.37. The number of halogens is 2. The predicted molar refractivity (Wildman–Crippen MR) is 64.4 cm³/mol. The smallest absolute Gasteiger partial charge is 0.159 e. The Bertz CT molecular complexity index is 407. The van der Waals surface area contributed by atoms with Crippen molar-refractivity contribution in [2.45, 2.75) is 38.6 Å². The third kappa shape index (κ3) is 2.49. The summed E-state index contributed by atoms with van der Waals surface area (Å²) in [7, 11) is 0. The van der Waals surface area contributed by atoms with Crippen LogP contribution in [-0.4, -0.2) is 0 Å². The normalized spacial score (nSPS) is 33.7. The lowest BCUT2D eigenvalue weighted by Gasteiger charge is -2.40. The van der Waals surface area contributed by atoms with Gasteiger partial charge in [0.25, 0.3) is 0 Å². The van der Waals surface area contributed by atoms with E-state index in [-0.39, 0.29) is 0 Å². The maximum absolute atomic E-state index is 13.3. The predicted octanol–water partition coefficient (Wildman–Crippen LogP) is 3.57. The SMILES string of the molecule is CC1CC(C)CC(N)(c2ccc(F)c(F)c2)C1. The van der Waals surface area contributed by atoms with Crippen molar-refractivity contribution in [2.24, 2.45) is 17.6 Å². The Hall–Kier alpha value is -0.960. The molecule has 0 aliphatic heterocycles. The van der Waals surface area contributed by atoms with Crippen LogP contribution in [0.25, 0.3) is 0 Å². The van der Waals surface area contributed by atoms with Crippen LogP contribution in [0.4, 0.5) is 8.78 Å².